The van der Waals surface area contributed by atoms with Crippen LogP contribution in [0.25, 0.3) is 5.65 Å². The highest BCUT2D eigenvalue weighted by Gasteiger charge is 2.11. The van der Waals surface area contributed by atoms with E-state index in [9.17, 15) is 4.39 Å². The van der Waals surface area contributed by atoms with Gasteiger partial charge in [0, 0.05) is 18.7 Å². The number of rotatable bonds is 3. The molecule has 0 saturated carbocycles. The van der Waals surface area contributed by atoms with E-state index in [1.807, 2.05) is 28.7 Å². The van der Waals surface area contributed by atoms with Gasteiger partial charge in [0.2, 0.25) is 0 Å². The molecule has 0 fully saturated rings. The monoisotopic (exact) mass is 256 g/mol. The maximum atomic E-state index is 13.7. The summed E-state index contributed by atoms with van der Waals surface area (Å²) in [6, 6.07) is 12.3. The van der Waals surface area contributed by atoms with Gasteiger partial charge in [-0.25, -0.2) is 4.39 Å². The van der Waals surface area contributed by atoms with E-state index in [1.165, 1.54) is 6.07 Å². The lowest BCUT2D eigenvalue weighted by Crippen LogP contribution is -2.07. The zero-order valence-corrected chi connectivity index (χ0v) is 10.3. The molecule has 3 aromatic rings. The summed E-state index contributed by atoms with van der Waals surface area (Å²) < 4.78 is 15.6. The van der Waals surface area contributed by atoms with E-state index >= 15 is 0 Å². The summed E-state index contributed by atoms with van der Waals surface area (Å²) in [6.45, 7) is 0.389. The maximum Gasteiger partial charge on any atom is 0.161 e. The lowest BCUT2D eigenvalue weighted by molar-refractivity contribution is 0.611. The predicted molar refractivity (Wildman–Crippen MR) is 70.1 cm³/mol. The van der Waals surface area contributed by atoms with Crippen molar-refractivity contribution in [2.45, 2.75) is 13.0 Å². The molecule has 19 heavy (non-hydrogen) atoms. The minimum atomic E-state index is -0.232. The van der Waals surface area contributed by atoms with Gasteiger partial charge in [-0.3, -0.25) is 4.40 Å². The third-order valence-electron chi connectivity index (χ3n) is 3.09. The van der Waals surface area contributed by atoms with Gasteiger partial charge in [-0.15, -0.1) is 10.2 Å². The number of fused-ring (bicyclic) bond motifs is 1. The zero-order valence-electron chi connectivity index (χ0n) is 10.3. The van der Waals surface area contributed by atoms with Gasteiger partial charge in [-0.1, -0.05) is 24.3 Å². The number of nitrogens with two attached hydrogens (primary N) is 1. The molecular weight excluding hydrogens is 243 g/mol. The van der Waals surface area contributed by atoms with Gasteiger partial charge in [-0.05, 0) is 23.8 Å². The molecule has 3 rings (SSSR count). The van der Waals surface area contributed by atoms with Crippen LogP contribution in [0.15, 0.2) is 42.5 Å². The molecule has 0 aliphatic heterocycles. The van der Waals surface area contributed by atoms with Crippen LogP contribution in [-0.4, -0.2) is 14.6 Å². The van der Waals surface area contributed by atoms with Crippen molar-refractivity contribution in [2.24, 2.45) is 5.73 Å². The highest BCUT2D eigenvalue weighted by molar-refractivity contribution is 5.40. The Morgan fingerprint density at radius 1 is 1.05 bits per heavy atom. The second kappa shape index (κ2) is 4.78. The van der Waals surface area contributed by atoms with Gasteiger partial charge < -0.3 is 5.73 Å². The first-order valence-electron chi connectivity index (χ1n) is 6.05. The number of hydrogen-bond acceptors (Lipinski definition) is 3. The van der Waals surface area contributed by atoms with Crippen LogP contribution in [0.5, 0.6) is 0 Å². The standard InChI is InChI=1S/C14H13FN4/c15-12-6-2-1-4-10(12)8-14-18-17-13-7-3-5-11(9-16)19(13)14/h1-7H,8-9,16H2. The molecule has 0 radical (unpaired) electrons. The number of aromatic nitrogens is 3. The first kappa shape index (κ1) is 11.8. The van der Waals surface area contributed by atoms with Crippen molar-refractivity contribution < 1.29 is 4.39 Å². The van der Waals surface area contributed by atoms with E-state index < -0.39 is 0 Å². The predicted octanol–water partition coefficient (Wildman–Crippen LogP) is 1.92. The Balaban J connectivity index is 2.09. The van der Waals surface area contributed by atoms with Crippen LogP contribution in [0.2, 0.25) is 0 Å². The minimum absolute atomic E-state index is 0.232. The molecule has 0 amide bonds. The van der Waals surface area contributed by atoms with Crippen LogP contribution in [0.1, 0.15) is 17.1 Å². The van der Waals surface area contributed by atoms with Crippen LogP contribution in [-0.2, 0) is 13.0 Å². The SMILES string of the molecule is NCc1cccc2nnc(Cc3ccccc3F)n12. The van der Waals surface area contributed by atoms with Gasteiger partial charge in [0.25, 0.3) is 0 Å². The molecule has 1 aromatic carbocycles. The molecule has 0 bridgehead atoms. The lowest BCUT2D eigenvalue weighted by atomic mass is 10.1. The Kier molecular flexibility index (Phi) is 2.97. The largest absolute Gasteiger partial charge is 0.325 e. The number of pyridine rings is 1. The van der Waals surface area contributed by atoms with E-state index in [0.717, 1.165) is 11.3 Å². The van der Waals surface area contributed by atoms with Crippen molar-refractivity contribution in [3.8, 4) is 0 Å². The van der Waals surface area contributed by atoms with Crippen molar-refractivity contribution in [2.75, 3.05) is 0 Å². The van der Waals surface area contributed by atoms with Crippen molar-refractivity contribution in [1.29, 1.82) is 0 Å². The molecule has 0 atom stereocenters. The second-order valence-electron chi connectivity index (χ2n) is 4.30. The van der Waals surface area contributed by atoms with Crippen molar-refractivity contribution in [3.05, 3.63) is 65.4 Å². The topological polar surface area (TPSA) is 56.2 Å². The van der Waals surface area contributed by atoms with Crippen LogP contribution < -0.4 is 5.73 Å². The molecule has 2 heterocycles. The number of hydrogen-bond donors (Lipinski definition) is 1. The average Bonchev–Trinajstić information content (AvgIpc) is 2.85. The van der Waals surface area contributed by atoms with Gasteiger partial charge in [-0.2, -0.15) is 0 Å². The summed E-state index contributed by atoms with van der Waals surface area (Å²) in [5.74, 6) is 0.464. The van der Waals surface area contributed by atoms with Gasteiger partial charge in [0.15, 0.2) is 5.65 Å². The summed E-state index contributed by atoms with van der Waals surface area (Å²) in [4.78, 5) is 0. The minimum Gasteiger partial charge on any atom is -0.325 e. The Morgan fingerprint density at radius 3 is 2.68 bits per heavy atom. The molecule has 96 valence electrons. The van der Waals surface area contributed by atoms with Gasteiger partial charge in [0.1, 0.15) is 11.6 Å². The molecule has 4 nitrogen and oxygen atoms in total. The highest BCUT2D eigenvalue weighted by Crippen LogP contribution is 2.14. The fourth-order valence-corrected chi connectivity index (χ4v) is 2.16. The Bertz CT molecular complexity index is 720. The molecule has 0 spiro atoms. The van der Waals surface area contributed by atoms with Crippen molar-refractivity contribution >= 4 is 5.65 Å². The molecular formula is C14H13FN4. The fraction of sp³-hybridized carbons (Fsp3) is 0.143. The summed E-state index contributed by atoms with van der Waals surface area (Å²) in [5, 5.41) is 8.22. The van der Waals surface area contributed by atoms with Gasteiger partial charge in [0.05, 0.1) is 0 Å². The molecule has 0 unspecified atom stereocenters. The van der Waals surface area contributed by atoms with E-state index in [0.29, 0.717) is 24.4 Å². The first-order valence-corrected chi connectivity index (χ1v) is 6.05. The molecule has 2 N–H and O–H groups in total. The van der Waals surface area contributed by atoms with E-state index in [2.05, 4.69) is 10.2 Å². The fourth-order valence-electron chi connectivity index (χ4n) is 2.16. The molecule has 0 aliphatic rings. The zero-order chi connectivity index (χ0) is 13.2. The third-order valence-corrected chi connectivity index (χ3v) is 3.09. The second-order valence-corrected chi connectivity index (χ2v) is 4.30. The molecule has 0 saturated heterocycles. The Labute approximate surface area is 109 Å². The average molecular weight is 256 g/mol. The van der Waals surface area contributed by atoms with Crippen LogP contribution in [0.4, 0.5) is 4.39 Å². The number of halogens is 1. The number of nitrogens with zero attached hydrogens (tertiary/aromatic N) is 3. The van der Waals surface area contributed by atoms with Crippen molar-refractivity contribution in [3.63, 3.8) is 0 Å². The van der Waals surface area contributed by atoms with E-state index in [-0.39, 0.29) is 5.82 Å². The quantitative estimate of drug-likeness (QED) is 0.779. The summed E-state index contributed by atoms with van der Waals surface area (Å²) in [5.41, 5.74) is 7.96. The molecule has 0 aliphatic carbocycles. The first-order chi connectivity index (χ1) is 9.29. The Hall–Kier alpha value is -2.27. The summed E-state index contributed by atoms with van der Waals surface area (Å²) in [7, 11) is 0. The smallest absolute Gasteiger partial charge is 0.161 e. The maximum absolute atomic E-state index is 13.7. The van der Waals surface area contributed by atoms with Crippen LogP contribution in [0.3, 0.4) is 0 Å². The van der Waals surface area contributed by atoms with Crippen LogP contribution >= 0.6 is 0 Å². The third kappa shape index (κ3) is 2.08. The van der Waals surface area contributed by atoms with Crippen molar-refractivity contribution in [1.82, 2.24) is 14.6 Å². The van der Waals surface area contributed by atoms with E-state index in [4.69, 9.17) is 5.73 Å². The van der Waals surface area contributed by atoms with E-state index in [1.54, 1.807) is 12.1 Å². The van der Waals surface area contributed by atoms with Crippen LogP contribution in [0, 0.1) is 5.82 Å². The molecule has 5 heteroatoms. The normalized spacial score (nSPS) is 11.1. The lowest BCUT2D eigenvalue weighted by Gasteiger charge is -2.06. The molecule has 2 aromatic heterocycles. The Morgan fingerprint density at radius 2 is 1.89 bits per heavy atom. The number of benzene rings is 1. The highest BCUT2D eigenvalue weighted by atomic mass is 19.1. The van der Waals surface area contributed by atoms with Gasteiger partial charge >= 0.3 is 0 Å². The summed E-state index contributed by atoms with van der Waals surface area (Å²) >= 11 is 0. The summed E-state index contributed by atoms with van der Waals surface area (Å²) in [6.07, 6.45) is 0.394.